The topological polar surface area (TPSA) is 51.2 Å². The number of rotatable bonds is 8. The zero-order valence-electron chi connectivity index (χ0n) is 25.3. The van der Waals surface area contributed by atoms with E-state index in [1.54, 1.807) is 60.3 Å². The Morgan fingerprint density at radius 3 is 1.85 bits per heavy atom. The normalized spacial score (nSPS) is 11.3. The molecule has 0 aliphatic carbocycles. The van der Waals surface area contributed by atoms with E-state index in [0.29, 0.717) is 21.6 Å². The van der Waals surface area contributed by atoms with Crippen LogP contribution in [0.15, 0.2) is 165 Å². The van der Waals surface area contributed by atoms with Crippen LogP contribution in [-0.2, 0) is 17.6 Å². The van der Waals surface area contributed by atoms with Gasteiger partial charge < -0.3 is 4.79 Å². The summed E-state index contributed by atoms with van der Waals surface area (Å²) in [7, 11) is 0. The fourth-order valence-electron chi connectivity index (χ4n) is 5.26. The van der Waals surface area contributed by atoms with Crippen molar-refractivity contribution in [2.45, 2.75) is 32.4 Å². The second-order valence-electron chi connectivity index (χ2n) is 10.8. The molecule has 6 aromatic rings. The smallest absolute Gasteiger partial charge is 0.193 e. The Hall–Kier alpha value is -5.04. The maximum Gasteiger partial charge on any atom is 0.193 e. The van der Waals surface area contributed by atoms with Gasteiger partial charge >= 0.3 is 0 Å². The number of carbonyl (C=O) groups excluding carboxylic acids is 3. The molecule has 3 nitrogen and oxygen atoms in total. The Morgan fingerprint density at radius 1 is 0.596 bits per heavy atom. The first kappa shape index (κ1) is 31.9. The molecule has 0 N–H and O–H groups in total. The van der Waals surface area contributed by atoms with Crippen LogP contribution in [-0.4, -0.2) is 17.9 Å². The Kier molecular flexibility index (Phi) is 10.2. The highest BCUT2D eigenvalue weighted by molar-refractivity contribution is 7.99. The van der Waals surface area contributed by atoms with E-state index in [9.17, 15) is 18.8 Å². The van der Waals surface area contributed by atoms with Crippen LogP contribution in [0.25, 0.3) is 0 Å². The molecular weight excluding hydrogens is 624 g/mol. The molecule has 0 saturated carbocycles. The SMILES string of the molecule is O=C(c1ccccc1)c1ccc2c(c1)Cc1ccccc1S2.O=CCc1cc(C(=O)c2ccccc2)ccc1Sc1ccccc1F. The largest absolute Gasteiger partial charge is 0.303 e. The first-order valence-electron chi connectivity index (χ1n) is 15.1. The van der Waals surface area contributed by atoms with Crippen LogP contribution in [0, 0.1) is 5.82 Å². The van der Waals surface area contributed by atoms with E-state index in [1.807, 2.05) is 60.7 Å². The van der Waals surface area contributed by atoms with Gasteiger partial charge in [-0.1, -0.05) is 115 Å². The summed E-state index contributed by atoms with van der Waals surface area (Å²) in [6.07, 6.45) is 1.86. The summed E-state index contributed by atoms with van der Waals surface area (Å²) in [5.74, 6) is -0.323. The first-order chi connectivity index (χ1) is 23.0. The molecule has 0 unspecified atom stereocenters. The van der Waals surface area contributed by atoms with E-state index in [1.165, 1.54) is 38.7 Å². The summed E-state index contributed by atoms with van der Waals surface area (Å²) < 4.78 is 13.9. The van der Waals surface area contributed by atoms with Crippen molar-refractivity contribution in [2.75, 3.05) is 0 Å². The Labute approximate surface area is 281 Å². The van der Waals surface area contributed by atoms with Crippen LogP contribution in [0.5, 0.6) is 0 Å². The van der Waals surface area contributed by atoms with E-state index in [0.717, 1.165) is 28.7 Å². The van der Waals surface area contributed by atoms with Crippen LogP contribution >= 0.6 is 23.5 Å². The minimum atomic E-state index is -0.311. The van der Waals surface area contributed by atoms with Gasteiger partial charge in [-0.2, -0.15) is 0 Å². The second kappa shape index (κ2) is 15.0. The number of carbonyl (C=O) groups is 3. The average molecular weight is 653 g/mol. The van der Waals surface area contributed by atoms with E-state index in [-0.39, 0.29) is 23.8 Å². The molecule has 6 heteroatoms. The lowest BCUT2D eigenvalue weighted by molar-refractivity contribution is -0.107. The average Bonchev–Trinajstić information content (AvgIpc) is 3.12. The first-order valence-corrected chi connectivity index (χ1v) is 16.7. The summed E-state index contributed by atoms with van der Waals surface area (Å²) in [6, 6.07) is 44.6. The van der Waals surface area contributed by atoms with Crippen LogP contribution in [0.3, 0.4) is 0 Å². The number of halogens is 1. The minimum Gasteiger partial charge on any atom is -0.303 e. The number of hydrogen-bond acceptors (Lipinski definition) is 5. The zero-order valence-corrected chi connectivity index (χ0v) is 26.9. The van der Waals surface area contributed by atoms with E-state index in [2.05, 4.69) is 30.3 Å². The summed E-state index contributed by atoms with van der Waals surface area (Å²) >= 11 is 3.04. The molecule has 0 saturated heterocycles. The van der Waals surface area contributed by atoms with Crippen molar-refractivity contribution in [3.63, 3.8) is 0 Å². The molecule has 6 aromatic carbocycles. The second-order valence-corrected chi connectivity index (χ2v) is 13.0. The highest BCUT2D eigenvalue weighted by Crippen LogP contribution is 2.40. The summed E-state index contributed by atoms with van der Waals surface area (Å²) in [6.45, 7) is 0. The summed E-state index contributed by atoms with van der Waals surface area (Å²) in [4.78, 5) is 40.0. The highest BCUT2D eigenvalue weighted by atomic mass is 32.2. The highest BCUT2D eigenvalue weighted by Gasteiger charge is 2.18. The third kappa shape index (κ3) is 7.68. The Bertz CT molecular complexity index is 2060. The summed E-state index contributed by atoms with van der Waals surface area (Å²) in [5, 5.41) is 0. The number of aldehydes is 1. The van der Waals surface area contributed by atoms with Crippen molar-refractivity contribution in [2.24, 2.45) is 0 Å². The van der Waals surface area contributed by atoms with Gasteiger partial charge in [-0.25, -0.2) is 4.39 Å². The fraction of sp³-hybridized carbons (Fsp3) is 0.0488. The Balaban J connectivity index is 0.000000165. The van der Waals surface area contributed by atoms with Gasteiger partial charge in [0.2, 0.25) is 0 Å². The maximum atomic E-state index is 13.9. The molecular formula is C41H29FO3S2. The van der Waals surface area contributed by atoms with Crippen molar-refractivity contribution >= 4 is 41.4 Å². The molecule has 1 aliphatic heterocycles. The van der Waals surface area contributed by atoms with Crippen LogP contribution in [0.1, 0.15) is 48.5 Å². The molecule has 0 amide bonds. The van der Waals surface area contributed by atoms with Crippen LogP contribution < -0.4 is 0 Å². The van der Waals surface area contributed by atoms with Gasteiger partial charge in [-0.3, -0.25) is 9.59 Å². The number of ketones is 2. The standard InChI is InChI=1S/C21H15FO2S.C20H14OS/c22-18-8-4-5-9-20(18)25-19-11-10-17(14-16(19)12-13-23)21(24)15-6-2-1-3-7-15;21-20(14-6-2-1-3-7-14)16-10-11-19-17(13-16)12-15-8-4-5-9-18(15)22-19/h1-11,13-14H,12H2;1-11,13H,12H2. The lowest BCUT2D eigenvalue weighted by Crippen LogP contribution is -2.05. The molecule has 47 heavy (non-hydrogen) atoms. The summed E-state index contributed by atoms with van der Waals surface area (Å²) in [5.41, 5.74) is 5.91. The minimum absolute atomic E-state index is 0.0901. The van der Waals surface area contributed by atoms with Crippen molar-refractivity contribution in [1.82, 2.24) is 0 Å². The number of benzene rings is 6. The molecule has 0 atom stereocenters. The molecule has 0 fully saturated rings. The molecule has 7 rings (SSSR count). The monoisotopic (exact) mass is 652 g/mol. The predicted molar refractivity (Wildman–Crippen MR) is 186 cm³/mol. The number of fused-ring (bicyclic) bond motifs is 2. The van der Waals surface area contributed by atoms with Crippen molar-refractivity contribution < 1.29 is 18.8 Å². The molecule has 0 spiro atoms. The zero-order chi connectivity index (χ0) is 32.6. The molecule has 230 valence electrons. The van der Waals surface area contributed by atoms with Gasteiger partial charge in [-0.15, -0.1) is 0 Å². The lowest BCUT2D eigenvalue weighted by Gasteiger charge is -2.19. The van der Waals surface area contributed by atoms with Crippen molar-refractivity contribution in [3.8, 4) is 0 Å². The van der Waals surface area contributed by atoms with E-state index >= 15 is 0 Å². The third-order valence-corrected chi connectivity index (χ3v) is 10.1. The van der Waals surface area contributed by atoms with Gasteiger partial charge in [-0.05, 0) is 77.7 Å². The quantitative estimate of drug-likeness (QED) is 0.121. The van der Waals surface area contributed by atoms with E-state index in [4.69, 9.17) is 0 Å². The predicted octanol–water partition coefficient (Wildman–Crippen LogP) is 9.92. The van der Waals surface area contributed by atoms with Gasteiger partial charge in [0, 0.05) is 48.3 Å². The van der Waals surface area contributed by atoms with Gasteiger partial charge in [0.15, 0.2) is 11.6 Å². The molecule has 0 radical (unpaired) electrons. The van der Waals surface area contributed by atoms with Gasteiger partial charge in [0.1, 0.15) is 12.1 Å². The van der Waals surface area contributed by atoms with Crippen molar-refractivity contribution in [3.05, 3.63) is 190 Å². The van der Waals surface area contributed by atoms with E-state index < -0.39 is 0 Å². The lowest BCUT2D eigenvalue weighted by atomic mass is 9.98. The molecule has 0 bridgehead atoms. The molecule has 1 heterocycles. The fourth-order valence-corrected chi connectivity index (χ4v) is 7.27. The third-order valence-electron chi connectivity index (χ3n) is 7.65. The van der Waals surface area contributed by atoms with Crippen LogP contribution in [0.2, 0.25) is 0 Å². The molecule has 1 aliphatic rings. The van der Waals surface area contributed by atoms with Gasteiger partial charge in [0.05, 0.1) is 0 Å². The Morgan fingerprint density at radius 2 is 1.17 bits per heavy atom. The van der Waals surface area contributed by atoms with Crippen LogP contribution in [0.4, 0.5) is 4.39 Å². The van der Waals surface area contributed by atoms with Crippen molar-refractivity contribution in [1.29, 1.82) is 0 Å². The molecule has 0 aromatic heterocycles. The van der Waals surface area contributed by atoms with Gasteiger partial charge in [0.25, 0.3) is 0 Å². The number of hydrogen-bond donors (Lipinski definition) is 0. The maximum absolute atomic E-state index is 13.9.